The zero-order valence-corrected chi connectivity index (χ0v) is 10.3. The number of nitrogens with one attached hydrogen (secondary N) is 2. The third-order valence-electron chi connectivity index (χ3n) is 3.41. The molecule has 0 bridgehead atoms. The van der Waals surface area contributed by atoms with Gasteiger partial charge in [-0.1, -0.05) is 6.07 Å². The molecular weight excluding hydrogens is 206 g/mol. The van der Waals surface area contributed by atoms with Crippen molar-refractivity contribution in [1.82, 2.24) is 0 Å². The molecule has 0 amide bonds. The average Bonchev–Trinajstić information content (AvgIpc) is 2.75. The first-order valence-corrected chi connectivity index (χ1v) is 6.67. The van der Waals surface area contributed by atoms with Gasteiger partial charge in [0.15, 0.2) is 6.04 Å². The van der Waals surface area contributed by atoms with Gasteiger partial charge in [0.25, 0.3) is 0 Å². The van der Waals surface area contributed by atoms with E-state index >= 15 is 0 Å². The molecule has 4 heteroatoms. The van der Waals surface area contributed by atoms with Gasteiger partial charge >= 0.3 is 0 Å². The van der Waals surface area contributed by atoms with Crippen LogP contribution in [0.3, 0.4) is 0 Å². The molecule has 84 valence electrons. The van der Waals surface area contributed by atoms with E-state index in [-0.39, 0.29) is 0 Å². The fourth-order valence-electron chi connectivity index (χ4n) is 2.38. The van der Waals surface area contributed by atoms with Crippen LogP contribution in [-0.2, 0) is 0 Å². The standard InChI is InChI=1S/C11H19N3S/c1-13-4-6-14(7-5-13)10(9-12)11-3-2-8-15-11/h2-3,8,10H,4-7,9,12H2,1H3/p+3/t10-/m0/s1. The van der Waals surface area contributed by atoms with Crippen LogP contribution in [0.25, 0.3) is 0 Å². The molecule has 0 radical (unpaired) electrons. The molecule has 15 heavy (non-hydrogen) atoms. The molecular formula is C11H22N3S+3. The maximum Gasteiger partial charge on any atom is 0.172 e. The normalized spacial score (nSPS) is 28.9. The van der Waals surface area contributed by atoms with Crippen LogP contribution < -0.4 is 15.5 Å². The summed E-state index contributed by atoms with van der Waals surface area (Å²) in [5.41, 5.74) is 4.12. The van der Waals surface area contributed by atoms with Crippen molar-refractivity contribution < 1.29 is 15.5 Å². The summed E-state index contributed by atoms with van der Waals surface area (Å²) in [5.74, 6) is 0. The maximum absolute atomic E-state index is 4.12. The van der Waals surface area contributed by atoms with Gasteiger partial charge in [-0.05, 0) is 11.4 Å². The first kappa shape index (κ1) is 11.1. The lowest BCUT2D eigenvalue weighted by molar-refractivity contribution is -1.02. The Morgan fingerprint density at radius 3 is 2.67 bits per heavy atom. The fourth-order valence-corrected chi connectivity index (χ4v) is 3.30. The van der Waals surface area contributed by atoms with Gasteiger partial charge in [0.1, 0.15) is 32.7 Å². The van der Waals surface area contributed by atoms with Crippen molar-refractivity contribution >= 4 is 11.3 Å². The van der Waals surface area contributed by atoms with Crippen molar-refractivity contribution in [1.29, 1.82) is 0 Å². The lowest BCUT2D eigenvalue weighted by atomic mass is 10.2. The highest BCUT2D eigenvalue weighted by molar-refractivity contribution is 7.10. The summed E-state index contributed by atoms with van der Waals surface area (Å²) in [6.45, 7) is 6.22. The van der Waals surface area contributed by atoms with E-state index in [4.69, 9.17) is 0 Å². The third-order valence-corrected chi connectivity index (χ3v) is 4.40. The second kappa shape index (κ2) is 5.07. The van der Waals surface area contributed by atoms with Crippen LogP contribution in [0.15, 0.2) is 17.5 Å². The van der Waals surface area contributed by atoms with Crippen molar-refractivity contribution in [3.63, 3.8) is 0 Å². The van der Waals surface area contributed by atoms with E-state index in [0.717, 1.165) is 6.54 Å². The molecule has 1 saturated heterocycles. The first-order valence-electron chi connectivity index (χ1n) is 5.79. The van der Waals surface area contributed by atoms with Gasteiger partial charge in [-0.3, -0.25) is 0 Å². The lowest BCUT2D eigenvalue weighted by Gasteiger charge is -2.31. The van der Waals surface area contributed by atoms with Gasteiger partial charge < -0.3 is 15.5 Å². The molecule has 2 heterocycles. The van der Waals surface area contributed by atoms with Gasteiger partial charge in [-0.25, -0.2) is 0 Å². The first-order chi connectivity index (χ1) is 7.31. The predicted octanol–water partition coefficient (Wildman–Crippen LogP) is -2.56. The summed E-state index contributed by atoms with van der Waals surface area (Å²) in [5, 5.41) is 2.18. The Kier molecular flexibility index (Phi) is 3.75. The smallest absolute Gasteiger partial charge is 0.172 e. The van der Waals surface area contributed by atoms with E-state index < -0.39 is 0 Å². The number of quaternary nitrogens is 3. The van der Waals surface area contributed by atoms with E-state index in [1.807, 2.05) is 11.3 Å². The number of rotatable bonds is 3. The van der Waals surface area contributed by atoms with Crippen molar-refractivity contribution in [3.8, 4) is 0 Å². The summed E-state index contributed by atoms with van der Waals surface area (Å²) in [4.78, 5) is 4.92. The molecule has 0 aliphatic carbocycles. The summed E-state index contributed by atoms with van der Waals surface area (Å²) in [7, 11) is 2.29. The Morgan fingerprint density at radius 1 is 1.40 bits per heavy atom. The molecule has 0 spiro atoms. The zero-order valence-electron chi connectivity index (χ0n) is 9.46. The van der Waals surface area contributed by atoms with Crippen LogP contribution in [0.1, 0.15) is 10.9 Å². The van der Waals surface area contributed by atoms with Gasteiger partial charge in [0.05, 0.1) is 11.9 Å². The van der Waals surface area contributed by atoms with E-state index in [2.05, 4.69) is 30.3 Å². The van der Waals surface area contributed by atoms with Gasteiger partial charge in [-0.15, -0.1) is 11.3 Å². The predicted molar refractivity (Wildman–Crippen MR) is 62.1 cm³/mol. The largest absolute Gasteiger partial charge is 0.352 e. The molecule has 0 aromatic carbocycles. The van der Waals surface area contributed by atoms with E-state index in [0.29, 0.717) is 6.04 Å². The molecule has 1 aliphatic rings. The van der Waals surface area contributed by atoms with E-state index in [9.17, 15) is 0 Å². The number of hydrogen-bond donors (Lipinski definition) is 3. The van der Waals surface area contributed by atoms with Crippen LogP contribution >= 0.6 is 11.3 Å². The van der Waals surface area contributed by atoms with Crippen LogP contribution in [0.2, 0.25) is 0 Å². The van der Waals surface area contributed by atoms with Crippen molar-refractivity contribution in [2.45, 2.75) is 6.04 Å². The highest BCUT2D eigenvalue weighted by atomic mass is 32.1. The Labute approximate surface area is 95.5 Å². The number of thiophene rings is 1. The summed E-state index contributed by atoms with van der Waals surface area (Å²) in [6.07, 6.45) is 0. The Morgan fingerprint density at radius 2 is 2.13 bits per heavy atom. The number of likely N-dealkylation sites (N-methyl/N-ethyl adjacent to an activating group) is 1. The molecule has 1 atom stereocenters. The van der Waals surface area contributed by atoms with Gasteiger partial charge in [0, 0.05) is 0 Å². The topological polar surface area (TPSA) is 36.5 Å². The monoisotopic (exact) mass is 228 g/mol. The van der Waals surface area contributed by atoms with E-state index in [1.165, 1.54) is 31.1 Å². The Hall–Kier alpha value is -0.420. The number of hydrogen-bond acceptors (Lipinski definition) is 1. The molecule has 0 unspecified atom stereocenters. The van der Waals surface area contributed by atoms with Gasteiger partial charge in [-0.2, -0.15) is 0 Å². The van der Waals surface area contributed by atoms with Gasteiger partial charge in [0.2, 0.25) is 0 Å². The average molecular weight is 228 g/mol. The second-order valence-corrected chi connectivity index (χ2v) is 5.45. The minimum Gasteiger partial charge on any atom is -0.352 e. The minimum absolute atomic E-state index is 0.637. The molecule has 5 N–H and O–H groups in total. The third kappa shape index (κ3) is 2.58. The summed E-state index contributed by atoms with van der Waals surface area (Å²) >= 11 is 1.88. The molecule has 1 fully saturated rings. The zero-order chi connectivity index (χ0) is 10.7. The Bertz CT molecular complexity index is 278. The molecule has 2 rings (SSSR count). The van der Waals surface area contributed by atoms with Crippen molar-refractivity contribution in [3.05, 3.63) is 22.4 Å². The van der Waals surface area contributed by atoms with Crippen LogP contribution in [0.4, 0.5) is 0 Å². The molecule has 1 aromatic rings. The lowest BCUT2D eigenvalue weighted by Crippen LogP contribution is -3.27. The van der Waals surface area contributed by atoms with Crippen molar-refractivity contribution in [2.24, 2.45) is 0 Å². The molecule has 3 nitrogen and oxygen atoms in total. The summed E-state index contributed by atoms with van der Waals surface area (Å²) in [6, 6.07) is 5.06. The highest BCUT2D eigenvalue weighted by Gasteiger charge is 2.29. The number of piperazine rings is 1. The summed E-state index contributed by atoms with van der Waals surface area (Å²) < 4.78 is 0. The fraction of sp³-hybridized carbons (Fsp3) is 0.636. The maximum atomic E-state index is 4.12. The quantitative estimate of drug-likeness (QED) is 0.509. The molecule has 0 saturated carbocycles. The van der Waals surface area contributed by atoms with Crippen molar-refractivity contribution in [2.75, 3.05) is 39.8 Å². The van der Waals surface area contributed by atoms with E-state index in [1.54, 1.807) is 9.80 Å². The minimum atomic E-state index is 0.637. The SMILES string of the molecule is C[NH+]1CC[NH+]([C@@H](C[NH3+])c2cccs2)CC1. The van der Waals surface area contributed by atoms with Crippen LogP contribution in [0, 0.1) is 0 Å². The Balaban J connectivity index is 2.01. The van der Waals surface area contributed by atoms with Crippen LogP contribution in [-0.4, -0.2) is 39.8 Å². The molecule has 1 aromatic heterocycles. The van der Waals surface area contributed by atoms with Crippen LogP contribution in [0.5, 0.6) is 0 Å². The second-order valence-electron chi connectivity index (χ2n) is 4.47. The highest BCUT2D eigenvalue weighted by Crippen LogP contribution is 2.14. The molecule has 1 aliphatic heterocycles.